The predicted octanol–water partition coefficient (Wildman–Crippen LogP) is 0.592. The van der Waals surface area contributed by atoms with Gasteiger partial charge < -0.3 is 14.4 Å². The standard InChI is InChI=1S/C14H26N2O3/c1-3-15-8-9-19-13(10-15)11-16-6-4-12(5-7-16)14(17)18-2/h12-13H,3-11H2,1-2H3. The highest BCUT2D eigenvalue weighted by atomic mass is 16.5. The van der Waals surface area contributed by atoms with E-state index in [4.69, 9.17) is 9.47 Å². The van der Waals surface area contributed by atoms with Gasteiger partial charge in [-0.2, -0.15) is 0 Å². The van der Waals surface area contributed by atoms with E-state index in [0.717, 1.165) is 58.7 Å². The van der Waals surface area contributed by atoms with Crippen LogP contribution in [0.2, 0.25) is 0 Å². The number of likely N-dealkylation sites (N-methyl/N-ethyl adjacent to an activating group) is 1. The summed E-state index contributed by atoms with van der Waals surface area (Å²) in [5, 5.41) is 0. The van der Waals surface area contributed by atoms with Gasteiger partial charge in [0.1, 0.15) is 0 Å². The predicted molar refractivity (Wildman–Crippen MR) is 73.0 cm³/mol. The van der Waals surface area contributed by atoms with Gasteiger partial charge in [-0.15, -0.1) is 0 Å². The van der Waals surface area contributed by atoms with E-state index in [1.165, 1.54) is 7.11 Å². The third kappa shape index (κ3) is 4.16. The number of esters is 1. The zero-order chi connectivity index (χ0) is 13.7. The van der Waals surface area contributed by atoms with Crippen LogP contribution >= 0.6 is 0 Å². The molecule has 2 rings (SSSR count). The molecule has 1 unspecified atom stereocenters. The lowest BCUT2D eigenvalue weighted by Gasteiger charge is -2.37. The van der Waals surface area contributed by atoms with Crippen LogP contribution in [0.5, 0.6) is 0 Å². The Balaban J connectivity index is 1.71. The number of ether oxygens (including phenoxy) is 2. The summed E-state index contributed by atoms with van der Waals surface area (Å²) in [7, 11) is 1.48. The minimum atomic E-state index is -0.0503. The lowest BCUT2D eigenvalue weighted by molar-refractivity contribution is -0.147. The topological polar surface area (TPSA) is 42.0 Å². The lowest BCUT2D eigenvalue weighted by atomic mass is 9.97. The van der Waals surface area contributed by atoms with E-state index in [9.17, 15) is 4.79 Å². The summed E-state index contributed by atoms with van der Waals surface area (Å²) in [6, 6.07) is 0. The molecule has 0 amide bonds. The van der Waals surface area contributed by atoms with Crippen LogP contribution in [0.15, 0.2) is 0 Å². The second kappa shape index (κ2) is 7.22. The van der Waals surface area contributed by atoms with Crippen molar-refractivity contribution in [2.24, 2.45) is 5.92 Å². The van der Waals surface area contributed by atoms with E-state index in [1.807, 2.05) is 0 Å². The third-order valence-electron chi connectivity index (χ3n) is 4.25. The van der Waals surface area contributed by atoms with E-state index in [0.29, 0.717) is 6.10 Å². The molecule has 0 saturated carbocycles. The highest BCUT2D eigenvalue weighted by Crippen LogP contribution is 2.19. The Bertz CT molecular complexity index is 290. The Morgan fingerprint density at radius 1 is 1.26 bits per heavy atom. The van der Waals surface area contributed by atoms with Crippen molar-refractivity contribution in [1.82, 2.24) is 9.80 Å². The van der Waals surface area contributed by atoms with Crippen LogP contribution in [0.25, 0.3) is 0 Å². The van der Waals surface area contributed by atoms with Crippen LogP contribution < -0.4 is 0 Å². The summed E-state index contributed by atoms with van der Waals surface area (Å²) < 4.78 is 10.6. The number of methoxy groups -OCH3 is 1. The van der Waals surface area contributed by atoms with Crippen molar-refractivity contribution >= 4 is 5.97 Å². The smallest absolute Gasteiger partial charge is 0.308 e. The van der Waals surface area contributed by atoms with Crippen LogP contribution in [0.1, 0.15) is 19.8 Å². The molecule has 2 heterocycles. The molecule has 19 heavy (non-hydrogen) atoms. The highest BCUT2D eigenvalue weighted by molar-refractivity contribution is 5.72. The largest absolute Gasteiger partial charge is 0.469 e. The molecule has 2 aliphatic rings. The zero-order valence-electron chi connectivity index (χ0n) is 12.1. The Morgan fingerprint density at radius 2 is 2.00 bits per heavy atom. The summed E-state index contributed by atoms with van der Waals surface area (Å²) in [4.78, 5) is 16.3. The molecule has 0 aromatic carbocycles. The van der Waals surface area contributed by atoms with Crippen molar-refractivity contribution in [2.45, 2.75) is 25.9 Å². The Labute approximate surface area is 115 Å². The van der Waals surface area contributed by atoms with E-state index in [2.05, 4.69) is 16.7 Å². The van der Waals surface area contributed by atoms with Gasteiger partial charge >= 0.3 is 5.97 Å². The van der Waals surface area contributed by atoms with Crippen molar-refractivity contribution in [1.29, 1.82) is 0 Å². The molecular weight excluding hydrogens is 244 g/mol. The summed E-state index contributed by atoms with van der Waals surface area (Å²) >= 11 is 0. The zero-order valence-corrected chi connectivity index (χ0v) is 12.1. The van der Waals surface area contributed by atoms with Crippen LogP contribution in [0.3, 0.4) is 0 Å². The number of likely N-dealkylation sites (tertiary alicyclic amines) is 1. The van der Waals surface area contributed by atoms with Gasteiger partial charge in [0.2, 0.25) is 0 Å². The molecule has 0 aliphatic carbocycles. The summed E-state index contributed by atoms with van der Waals surface area (Å²) in [6.07, 6.45) is 2.15. The quantitative estimate of drug-likeness (QED) is 0.700. The summed E-state index contributed by atoms with van der Waals surface area (Å²) in [6.45, 7) is 9.18. The molecule has 0 N–H and O–H groups in total. The lowest BCUT2D eigenvalue weighted by Crippen LogP contribution is -2.49. The van der Waals surface area contributed by atoms with Gasteiger partial charge in [0, 0.05) is 19.6 Å². The number of morpholine rings is 1. The van der Waals surface area contributed by atoms with Crippen molar-refractivity contribution < 1.29 is 14.3 Å². The number of hydrogen-bond donors (Lipinski definition) is 0. The third-order valence-corrected chi connectivity index (χ3v) is 4.25. The van der Waals surface area contributed by atoms with Gasteiger partial charge in [-0.3, -0.25) is 9.69 Å². The maximum Gasteiger partial charge on any atom is 0.308 e. The number of rotatable bonds is 4. The van der Waals surface area contributed by atoms with Crippen LogP contribution in [-0.4, -0.2) is 74.9 Å². The molecule has 110 valence electrons. The first-order valence-corrected chi connectivity index (χ1v) is 7.37. The minimum absolute atomic E-state index is 0.0503. The number of carbonyl (C=O) groups is 1. The first-order valence-electron chi connectivity index (χ1n) is 7.37. The average molecular weight is 270 g/mol. The molecule has 5 heteroatoms. The fraction of sp³-hybridized carbons (Fsp3) is 0.929. The maximum atomic E-state index is 11.5. The van der Waals surface area contributed by atoms with Crippen molar-refractivity contribution in [3.05, 3.63) is 0 Å². The Kier molecular flexibility index (Phi) is 5.60. The minimum Gasteiger partial charge on any atom is -0.469 e. The second-order valence-corrected chi connectivity index (χ2v) is 5.48. The van der Waals surface area contributed by atoms with Crippen LogP contribution in [0, 0.1) is 5.92 Å². The van der Waals surface area contributed by atoms with Gasteiger partial charge in [0.25, 0.3) is 0 Å². The fourth-order valence-corrected chi connectivity index (χ4v) is 2.98. The van der Waals surface area contributed by atoms with Crippen molar-refractivity contribution in [3.8, 4) is 0 Å². The average Bonchev–Trinajstić information content (AvgIpc) is 2.47. The first kappa shape index (κ1) is 14.8. The number of hydrogen-bond acceptors (Lipinski definition) is 5. The van der Waals surface area contributed by atoms with E-state index < -0.39 is 0 Å². The number of nitrogens with zero attached hydrogens (tertiary/aromatic N) is 2. The van der Waals surface area contributed by atoms with Gasteiger partial charge in [0.15, 0.2) is 0 Å². The van der Waals surface area contributed by atoms with Gasteiger partial charge in [-0.05, 0) is 32.5 Å². The van der Waals surface area contributed by atoms with E-state index in [-0.39, 0.29) is 11.9 Å². The number of piperidine rings is 1. The maximum absolute atomic E-state index is 11.5. The summed E-state index contributed by atoms with van der Waals surface area (Å²) in [5.41, 5.74) is 0. The number of carbonyl (C=O) groups excluding carboxylic acids is 1. The molecule has 1 atom stereocenters. The highest BCUT2D eigenvalue weighted by Gasteiger charge is 2.28. The molecule has 0 spiro atoms. The molecule has 2 fully saturated rings. The molecule has 2 aliphatic heterocycles. The van der Waals surface area contributed by atoms with Gasteiger partial charge in [0.05, 0.1) is 25.7 Å². The molecule has 0 aromatic heterocycles. The molecule has 2 saturated heterocycles. The second-order valence-electron chi connectivity index (χ2n) is 5.48. The first-order chi connectivity index (χ1) is 9.22. The Morgan fingerprint density at radius 3 is 2.63 bits per heavy atom. The molecule has 0 radical (unpaired) electrons. The van der Waals surface area contributed by atoms with Crippen molar-refractivity contribution in [3.63, 3.8) is 0 Å². The van der Waals surface area contributed by atoms with Crippen LogP contribution in [-0.2, 0) is 14.3 Å². The van der Waals surface area contributed by atoms with Gasteiger partial charge in [-0.1, -0.05) is 6.92 Å². The van der Waals surface area contributed by atoms with Gasteiger partial charge in [-0.25, -0.2) is 0 Å². The van der Waals surface area contributed by atoms with E-state index in [1.54, 1.807) is 0 Å². The normalized spacial score (nSPS) is 27.4. The molecule has 5 nitrogen and oxygen atoms in total. The van der Waals surface area contributed by atoms with E-state index >= 15 is 0 Å². The SMILES string of the molecule is CCN1CCOC(CN2CCC(C(=O)OC)CC2)C1. The molecule has 0 aromatic rings. The summed E-state index contributed by atoms with van der Waals surface area (Å²) in [5.74, 6) is 0.0476. The Hall–Kier alpha value is -0.650. The molecule has 0 bridgehead atoms. The monoisotopic (exact) mass is 270 g/mol. The van der Waals surface area contributed by atoms with Crippen LogP contribution in [0.4, 0.5) is 0 Å². The van der Waals surface area contributed by atoms with Crippen molar-refractivity contribution in [2.75, 3.05) is 53.0 Å². The fourth-order valence-electron chi connectivity index (χ4n) is 2.98. The molecular formula is C14H26N2O3.